The Kier molecular flexibility index (Phi) is 6.63. The van der Waals surface area contributed by atoms with E-state index in [0.29, 0.717) is 13.0 Å². The van der Waals surface area contributed by atoms with Crippen molar-refractivity contribution in [2.24, 2.45) is 11.1 Å². The standard InChI is InChI=1S/C23H28IN3O2/c1-23(2,3)20(25)22(29)26-15-7-10-19(26)21(28)27(17-8-5-4-6-9-17)18-13-11-16(24)12-14-18/h4-6,8-9,11-14,19-20H,7,10,15,25H2,1-3H3/t19-,20+/m0/s1. The lowest BCUT2D eigenvalue weighted by molar-refractivity contribution is -0.140. The van der Waals surface area contributed by atoms with Gasteiger partial charge in [-0.2, -0.15) is 0 Å². The SMILES string of the molecule is CC(C)(C)[C@H](N)C(=O)N1CCC[C@H]1C(=O)N(c1ccccc1)c1ccc(I)cc1. The molecule has 0 aromatic heterocycles. The Morgan fingerprint density at radius 2 is 1.66 bits per heavy atom. The van der Waals surface area contributed by atoms with E-state index >= 15 is 0 Å². The van der Waals surface area contributed by atoms with E-state index in [1.807, 2.05) is 75.4 Å². The first-order chi connectivity index (χ1) is 13.7. The van der Waals surface area contributed by atoms with Gasteiger partial charge in [0.1, 0.15) is 6.04 Å². The largest absolute Gasteiger partial charge is 0.329 e. The fourth-order valence-electron chi connectivity index (χ4n) is 3.56. The molecule has 2 N–H and O–H groups in total. The van der Waals surface area contributed by atoms with Crippen molar-refractivity contribution in [3.05, 3.63) is 58.2 Å². The Morgan fingerprint density at radius 1 is 1.07 bits per heavy atom. The van der Waals surface area contributed by atoms with Crippen molar-refractivity contribution in [2.45, 2.75) is 45.7 Å². The zero-order valence-electron chi connectivity index (χ0n) is 17.1. The van der Waals surface area contributed by atoms with Crippen LogP contribution in [-0.2, 0) is 9.59 Å². The molecule has 5 nitrogen and oxygen atoms in total. The molecule has 29 heavy (non-hydrogen) atoms. The molecule has 0 unspecified atom stereocenters. The number of carbonyl (C=O) groups is 2. The lowest BCUT2D eigenvalue weighted by atomic mass is 9.86. The number of anilines is 2. The van der Waals surface area contributed by atoms with Crippen molar-refractivity contribution in [2.75, 3.05) is 11.4 Å². The highest BCUT2D eigenvalue weighted by atomic mass is 127. The van der Waals surface area contributed by atoms with Crippen LogP contribution in [-0.4, -0.2) is 35.3 Å². The van der Waals surface area contributed by atoms with Crippen LogP contribution in [0.5, 0.6) is 0 Å². The van der Waals surface area contributed by atoms with Crippen molar-refractivity contribution in [3.8, 4) is 0 Å². The second-order valence-electron chi connectivity index (χ2n) is 8.52. The average Bonchev–Trinajstić information content (AvgIpc) is 3.18. The first-order valence-corrected chi connectivity index (χ1v) is 11.0. The Hall–Kier alpha value is -1.93. The molecular formula is C23H28IN3O2. The van der Waals surface area contributed by atoms with Gasteiger partial charge in [0.15, 0.2) is 0 Å². The zero-order valence-corrected chi connectivity index (χ0v) is 19.3. The van der Waals surface area contributed by atoms with Crippen LogP contribution in [0.4, 0.5) is 11.4 Å². The summed E-state index contributed by atoms with van der Waals surface area (Å²) in [6.07, 6.45) is 1.45. The highest BCUT2D eigenvalue weighted by molar-refractivity contribution is 14.1. The van der Waals surface area contributed by atoms with E-state index in [-0.39, 0.29) is 17.2 Å². The summed E-state index contributed by atoms with van der Waals surface area (Å²) in [6.45, 7) is 6.41. The Bertz CT molecular complexity index is 862. The number of para-hydroxylation sites is 1. The van der Waals surface area contributed by atoms with Crippen LogP contribution in [0.2, 0.25) is 0 Å². The Morgan fingerprint density at radius 3 is 2.24 bits per heavy atom. The summed E-state index contributed by atoms with van der Waals surface area (Å²) in [5.41, 5.74) is 7.46. The first-order valence-electron chi connectivity index (χ1n) is 9.91. The van der Waals surface area contributed by atoms with Crippen molar-refractivity contribution in [1.29, 1.82) is 0 Å². The highest BCUT2D eigenvalue weighted by Crippen LogP contribution is 2.31. The fourth-order valence-corrected chi connectivity index (χ4v) is 3.92. The summed E-state index contributed by atoms with van der Waals surface area (Å²) in [5, 5.41) is 0. The van der Waals surface area contributed by atoms with Gasteiger partial charge < -0.3 is 10.6 Å². The third-order valence-corrected chi connectivity index (χ3v) is 6.06. The second-order valence-corrected chi connectivity index (χ2v) is 9.76. The van der Waals surface area contributed by atoms with Crippen LogP contribution >= 0.6 is 22.6 Å². The molecule has 1 heterocycles. The van der Waals surface area contributed by atoms with E-state index in [1.54, 1.807) is 9.80 Å². The van der Waals surface area contributed by atoms with Gasteiger partial charge in [-0.15, -0.1) is 0 Å². The number of hydrogen-bond acceptors (Lipinski definition) is 3. The molecule has 6 heteroatoms. The van der Waals surface area contributed by atoms with Gasteiger partial charge in [0.2, 0.25) is 5.91 Å². The molecule has 0 bridgehead atoms. The van der Waals surface area contributed by atoms with Gasteiger partial charge in [0.05, 0.1) is 6.04 Å². The number of likely N-dealkylation sites (tertiary alicyclic amines) is 1. The van der Waals surface area contributed by atoms with Crippen molar-refractivity contribution < 1.29 is 9.59 Å². The predicted molar refractivity (Wildman–Crippen MR) is 125 cm³/mol. The minimum Gasteiger partial charge on any atom is -0.329 e. The van der Waals surface area contributed by atoms with Crippen molar-refractivity contribution >= 4 is 45.8 Å². The first kappa shape index (κ1) is 21.8. The summed E-state index contributed by atoms with van der Waals surface area (Å²) in [5.74, 6) is -0.242. The minimum absolute atomic E-state index is 0.0932. The van der Waals surface area contributed by atoms with Gasteiger partial charge in [-0.1, -0.05) is 39.0 Å². The third-order valence-electron chi connectivity index (χ3n) is 5.34. The Balaban J connectivity index is 1.95. The fraction of sp³-hybridized carbons (Fsp3) is 0.391. The van der Waals surface area contributed by atoms with Crippen LogP contribution in [0.25, 0.3) is 0 Å². The molecule has 1 aliphatic rings. The summed E-state index contributed by atoms with van der Waals surface area (Å²) >= 11 is 2.25. The number of amides is 2. The lowest BCUT2D eigenvalue weighted by Crippen LogP contribution is -2.55. The van der Waals surface area contributed by atoms with Gasteiger partial charge in [-0.05, 0) is 77.2 Å². The molecule has 1 fully saturated rings. The Labute approximate surface area is 186 Å². The molecule has 2 aromatic rings. The van der Waals surface area contributed by atoms with E-state index in [4.69, 9.17) is 5.73 Å². The number of nitrogens with two attached hydrogens (primary N) is 1. The molecular weight excluding hydrogens is 477 g/mol. The quantitative estimate of drug-likeness (QED) is 0.630. The monoisotopic (exact) mass is 505 g/mol. The number of hydrogen-bond donors (Lipinski definition) is 1. The van der Waals surface area contributed by atoms with E-state index in [0.717, 1.165) is 21.4 Å². The van der Waals surface area contributed by atoms with E-state index < -0.39 is 12.1 Å². The maximum atomic E-state index is 13.7. The average molecular weight is 505 g/mol. The van der Waals surface area contributed by atoms with Crippen LogP contribution < -0.4 is 10.6 Å². The smallest absolute Gasteiger partial charge is 0.254 e. The van der Waals surface area contributed by atoms with Crippen LogP contribution in [0.3, 0.4) is 0 Å². The second kappa shape index (κ2) is 8.83. The molecule has 154 valence electrons. The lowest BCUT2D eigenvalue weighted by Gasteiger charge is -2.34. The molecule has 2 aromatic carbocycles. The number of benzene rings is 2. The van der Waals surface area contributed by atoms with Gasteiger partial charge in [-0.3, -0.25) is 14.5 Å². The summed E-state index contributed by atoms with van der Waals surface area (Å²) in [7, 11) is 0. The van der Waals surface area contributed by atoms with Gasteiger partial charge in [0, 0.05) is 21.5 Å². The topological polar surface area (TPSA) is 66.6 Å². The number of rotatable bonds is 4. The minimum atomic E-state index is -0.639. The highest BCUT2D eigenvalue weighted by Gasteiger charge is 2.41. The predicted octanol–water partition coefficient (Wildman–Crippen LogP) is 4.32. The van der Waals surface area contributed by atoms with Gasteiger partial charge >= 0.3 is 0 Å². The van der Waals surface area contributed by atoms with E-state index in [1.165, 1.54) is 0 Å². The maximum absolute atomic E-state index is 13.7. The number of halogens is 1. The van der Waals surface area contributed by atoms with Gasteiger partial charge in [0.25, 0.3) is 5.91 Å². The molecule has 2 atom stereocenters. The number of carbonyl (C=O) groups excluding carboxylic acids is 2. The van der Waals surface area contributed by atoms with E-state index in [2.05, 4.69) is 22.6 Å². The van der Waals surface area contributed by atoms with Crippen LogP contribution in [0.15, 0.2) is 54.6 Å². The molecule has 0 saturated carbocycles. The summed E-state index contributed by atoms with van der Waals surface area (Å²) < 4.78 is 1.10. The third kappa shape index (κ3) is 4.80. The van der Waals surface area contributed by atoms with Crippen LogP contribution in [0.1, 0.15) is 33.6 Å². The summed E-state index contributed by atoms with van der Waals surface area (Å²) in [4.78, 5) is 30.2. The molecule has 1 aliphatic heterocycles. The van der Waals surface area contributed by atoms with Crippen molar-refractivity contribution in [1.82, 2.24) is 4.90 Å². The van der Waals surface area contributed by atoms with Gasteiger partial charge in [-0.25, -0.2) is 0 Å². The molecule has 2 amide bonds. The molecule has 1 saturated heterocycles. The normalized spacial score (nSPS) is 17.8. The molecule has 0 radical (unpaired) electrons. The van der Waals surface area contributed by atoms with Crippen molar-refractivity contribution in [3.63, 3.8) is 0 Å². The number of nitrogens with zero attached hydrogens (tertiary/aromatic N) is 2. The molecule has 0 spiro atoms. The van der Waals surface area contributed by atoms with E-state index in [9.17, 15) is 9.59 Å². The molecule has 0 aliphatic carbocycles. The molecule has 3 rings (SSSR count). The van der Waals surface area contributed by atoms with Crippen LogP contribution in [0, 0.1) is 8.99 Å². The zero-order chi connectivity index (χ0) is 21.2. The maximum Gasteiger partial charge on any atom is 0.254 e. The summed E-state index contributed by atoms with van der Waals surface area (Å²) in [6, 6.07) is 16.3.